The summed E-state index contributed by atoms with van der Waals surface area (Å²) in [5, 5.41) is 14.9. The molecule has 0 unspecified atom stereocenters. The number of amides is 1. The Morgan fingerprint density at radius 1 is 1.21 bits per heavy atom. The van der Waals surface area contributed by atoms with E-state index in [9.17, 15) is 4.79 Å². The van der Waals surface area contributed by atoms with Crippen molar-refractivity contribution in [1.29, 1.82) is 0 Å². The van der Waals surface area contributed by atoms with E-state index >= 15 is 0 Å². The van der Waals surface area contributed by atoms with Crippen LogP contribution in [0.4, 0.5) is 0 Å². The van der Waals surface area contributed by atoms with Crippen molar-refractivity contribution in [2.75, 3.05) is 7.11 Å². The average molecular weight is 381 g/mol. The molecule has 0 saturated carbocycles. The molecule has 28 heavy (non-hydrogen) atoms. The smallest absolute Gasteiger partial charge is 0.244 e. The van der Waals surface area contributed by atoms with Crippen LogP contribution in [0.3, 0.4) is 0 Å². The first-order chi connectivity index (χ1) is 13.5. The van der Waals surface area contributed by atoms with Gasteiger partial charge in [0.15, 0.2) is 6.61 Å². The van der Waals surface area contributed by atoms with Crippen LogP contribution in [0.15, 0.2) is 48.5 Å². The lowest BCUT2D eigenvalue weighted by Gasteiger charge is -2.17. The van der Waals surface area contributed by atoms with Gasteiger partial charge in [-0.15, -0.1) is 10.2 Å². The van der Waals surface area contributed by atoms with Crippen molar-refractivity contribution in [3.63, 3.8) is 0 Å². The lowest BCUT2D eigenvalue weighted by molar-refractivity contribution is -0.122. The van der Waals surface area contributed by atoms with Gasteiger partial charge in [-0.25, -0.2) is 0 Å². The third-order valence-electron chi connectivity index (χ3n) is 4.12. The first-order valence-electron chi connectivity index (χ1n) is 8.93. The summed E-state index contributed by atoms with van der Waals surface area (Å²) in [6.45, 7) is 4.05. The van der Waals surface area contributed by atoms with Crippen molar-refractivity contribution < 1.29 is 14.3 Å². The zero-order valence-corrected chi connectivity index (χ0v) is 16.1. The Kier molecular flexibility index (Phi) is 6.21. The maximum absolute atomic E-state index is 12.4. The second-order valence-electron chi connectivity index (χ2n) is 6.37. The molecule has 1 amide bonds. The lowest BCUT2D eigenvalue weighted by Crippen LogP contribution is -2.31. The van der Waals surface area contributed by atoms with Gasteiger partial charge in [0.25, 0.3) is 0 Å². The van der Waals surface area contributed by atoms with E-state index in [0.29, 0.717) is 5.82 Å². The van der Waals surface area contributed by atoms with Gasteiger partial charge in [-0.1, -0.05) is 35.9 Å². The van der Waals surface area contributed by atoms with Crippen molar-refractivity contribution in [3.05, 3.63) is 65.5 Å². The topological polar surface area (TPSA) is 91.2 Å². The Labute approximate surface area is 163 Å². The number of carbonyl (C=O) groups is 1. The molecule has 3 aromatic rings. The third kappa shape index (κ3) is 5.06. The predicted octanol–water partition coefficient (Wildman–Crippen LogP) is 2.45. The summed E-state index contributed by atoms with van der Waals surface area (Å²) in [4.78, 5) is 13.6. The number of para-hydroxylation sites is 1. The Morgan fingerprint density at radius 3 is 2.75 bits per heavy atom. The normalized spacial score (nSPS) is 11.7. The lowest BCUT2D eigenvalue weighted by atomic mass is 10.0. The molecule has 8 nitrogen and oxygen atoms in total. The molecule has 1 aromatic heterocycles. The van der Waals surface area contributed by atoms with Crippen LogP contribution < -0.4 is 14.8 Å². The molecule has 2 aromatic carbocycles. The van der Waals surface area contributed by atoms with Crippen LogP contribution in [0, 0.1) is 6.92 Å². The van der Waals surface area contributed by atoms with Crippen LogP contribution in [0.2, 0.25) is 0 Å². The van der Waals surface area contributed by atoms with E-state index in [1.807, 2.05) is 62.4 Å². The van der Waals surface area contributed by atoms with Crippen molar-refractivity contribution in [3.8, 4) is 11.5 Å². The van der Waals surface area contributed by atoms with E-state index in [4.69, 9.17) is 9.47 Å². The fourth-order valence-corrected chi connectivity index (χ4v) is 2.75. The summed E-state index contributed by atoms with van der Waals surface area (Å²) >= 11 is 0. The van der Waals surface area contributed by atoms with E-state index in [2.05, 4.69) is 20.7 Å². The monoisotopic (exact) mass is 381 g/mol. The fraction of sp³-hybridized carbons (Fsp3) is 0.300. The molecule has 0 radical (unpaired) electrons. The maximum Gasteiger partial charge on any atom is 0.244 e. The summed E-state index contributed by atoms with van der Waals surface area (Å²) < 4.78 is 11.0. The van der Waals surface area contributed by atoms with Crippen LogP contribution in [-0.4, -0.2) is 33.2 Å². The van der Waals surface area contributed by atoms with E-state index < -0.39 is 0 Å². The quantitative estimate of drug-likeness (QED) is 0.644. The molecule has 8 heteroatoms. The van der Waals surface area contributed by atoms with Gasteiger partial charge in [0, 0.05) is 5.56 Å². The highest BCUT2D eigenvalue weighted by Gasteiger charge is 2.15. The van der Waals surface area contributed by atoms with Crippen molar-refractivity contribution in [1.82, 2.24) is 25.5 Å². The zero-order valence-electron chi connectivity index (χ0n) is 16.1. The molecule has 1 atom stereocenters. The SMILES string of the molecule is COc1ccc(C)cc1[C@@H](C)NC(=O)Cn1nnc(COc2ccccc2)n1. The predicted molar refractivity (Wildman–Crippen MR) is 103 cm³/mol. The third-order valence-corrected chi connectivity index (χ3v) is 4.12. The van der Waals surface area contributed by atoms with Gasteiger partial charge in [-0.2, -0.15) is 4.80 Å². The number of carbonyl (C=O) groups excluding carboxylic acids is 1. The van der Waals surface area contributed by atoms with E-state index in [1.165, 1.54) is 4.80 Å². The molecule has 0 fully saturated rings. The number of hydrogen-bond acceptors (Lipinski definition) is 6. The van der Waals surface area contributed by atoms with E-state index in [-0.39, 0.29) is 25.1 Å². The average Bonchev–Trinajstić information content (AvgIpc) is 3.14. The van der Waals surface area contributed by atoms with Crippen LogP contribution in [0.1, 0.15) is 29.9 Å². The summed E-state index contributed by atoms with van der Waals surface area (Å²) in [6.07, 6.45) is 0. The van der Waals surface area contributed by atoms with Gasteiger partial charge in [0.2, 0.25) is 11.7 Å². The van der Waals surface area contributed by atoms with Crippen molar-refractivity contribution in [2.45, 2.75) is 33.0 Å². The van der Waals surface area contributed by atoms with Gasteiger partial charge >= 0.3 is 0 Å². The summed E-state index contributed by atoms with van der Waals surface area (Å²) in [6, 6.07) is 15.0. The molecule has 1 heterocycles. The molecular weight excluding hydrogens is 358 g/mol. The van der Waals surface area contributed by atoms with Gasteiger partial charge < -0.3 is 14.8 Å². The molecular formula is C20H23N5O3. The highest BCUT2D eigenvalue weighted by atomic mass is 16.5. The minimum Gasteiger partial charge on any atom is -0.496 e. The van der Waals surface area contributed by atoms with Gasteiger partial charge in [0.05, 0.1) is 13.2 Å². The highest BCUT2D eigenvalue weighted by molar-refractivity contribution is 5.76. The fourth-order valence-electron chi connectivity index (χ4n) is 2.75. The molecule has 1 N–H and O–H groups in total. The molecule has 0 saturated heterocycles. The zero-order chi connectivity index (χ0) is 19.9. The summed E-state index contributed by atoms with van der Waals surface area (Å²) in [5.74, 6) is 1.64. The minimum absolute atomic E-state index is 0.0309. The van der Waals surface area contributed by atoms with Crippen LogP contribution >= 0.6 is 0 Å². The van der Waals surface area contributed by atoms with Crippen molar-refractivity contribution in [2.24, 2.45) is 0 Å². The number of ether oxygens (including phenoxy) is 2. The number of hydrogen-bond donors (Lipinski definition) is 1. The van der Waals surface area contributed by atoms with Gasteiger partial charge in [-0.3, -0.25) is 4.79 Å². The van der Waals surface area contributed by atoms with Gasteiger partial charge in [0.1, 0.15) is 18.0 Å². The largest absolute Gasteiger partial charge is 0.496 e. The van der Waals surface area contributed by atoms with E-state index in [1.54, 1.807) is 7.11 Å². The van der Waals surface area contributed by atoms with Crippen molar-refractivity contribution >= 4 is 5.91 Å². The molecule has 146 valence electrons. The summed E-state index contributed by atoms with van der Waals surface area (Å²) in [7, 11) is 1.61. The number of tetrazole rings is 1. The number of nitrogens with one attached hydrogen (secondary N) is 1. The number of rotatable bonds is 8. The summed E-state index contributed by atoms with van der Waals surface area (Å²) in [5.41, 5.74) is 2.01. The number of benzene rings is 2. The molecule has 3 rings (SSSR count). The molecule has 0 aliphatic carbocycles. The maximum atomic E-state index is 12.4. The standard InChI is InChI=1S/C20H23N5O3/c1-14-9-10-18(27-3)17(11-14)15(2)21-20(26)12-25-23-19(22-24-25)13-28-16-7-5-4-6-8-16/h4-11,15H,12-13H2,1-3H3,(H,21,26)/t15-/m1/s1. The number of nitrogens with zero attached hydrogens (tertiary/aromatic N) is 4. The first-order valence-corrected chi connectivity index (χ1v) is 8.93. The van der Waals surface area contributed by atoms with E-state index in [0.717, 1.165) is 22.6 Å². The van der Waals surface area contributed by atoms with Gasteiger partial charge in [-0.05, 0) is 37.3 Å². The van der Waals surface area contributed by atoms with Crippen LogP contribution in [0.25, 0.3) is 0 Å². The molecule has 0 aliphatic rings. The molecule has 0 spiro atoms. The molecule has 0 bridgehead atoms. The minimum atomic E-state index is -0.219. The second kappa shape index (κ2) is 8.98. The Morgan fingerprint density at radius 2 is 2.00 bits per heavy atom. The highest BCUT2D eigenvalue weighted by Crippen LogP contribution is 2.25. The number of aryl methyl sites for hydroxylation is 1. The number of aromatic nitrogens is 4. The Balaban J connectivity index is 1.55. The first kappa shape index (κ1) is 19.3. The number of methoxy groups -OCH3 is 1. The van der Waals surface area contributed by atoms with Crippen LogP contribution in [0.5, 0.6) is 11.5 Å². The second-order valence-corrected chi connectivity index (χ2v) is 6.37. The Hall–Kier alpha value is -3.42. The van der Waals surface area contributed by atoms with Crippen LogP contribution in [-0.2, 0) is 17.9 Å². The Bertz CT molecular complexity index is 927. The molecule has 0 aliphatic heterocycles.